The Morgan fingerprint density at radius 2 is 2.00 bits per heavy atom. The van der Waals surface area contributed by atoms with Crippen molar-refractivity contribution >= 4 is 0 Å². The highest BCUT2D eigenvalue weighted by atomic mass is 16.5. The molecule has 0 aromatic carbocycles. The number of rotatable bonds is 5. The molecule has 0 spiro atoms. The van der Waals surface area contributed by atoms with Crippen molar-refractivity contribution in [1.82, 2.24) is 10.2 Å². The maximum Gasteiger partial charge on any atom is 0.122 e. The van der Waals surface area contributed by atoms with Gasteiger partial charge in [0.05, 0.1) is 6.07 Å². The van der Waals surface area contributed by atoms with Crippen LogP contribution in [0.15, 0.2) is 0 Å². The maximum absolute atomic E-state index is 9.47. The summed E-state index contributed by atoms with van der Waals surface area (Å²) < 4.78 is 5.39. The third-order valence-electron chi connectivity index (χ3n) is 4.23. The third kappa shape index (κ3) is 2.79. The summed E-state index contributed by atoms with van der Waals surface area (Å²) in [7, 11) is 4.06. The molecule has 4 nitrogen and oxygen atoms in total. The molecule has 2 aliphatic rings. The van der Waals surface area contributed by atoms with Crippen LogP contribution in [0.4, 0.5) is 0 Å². The van der Waals surface area contributed by atoms with Crippen LogP contribution in [-0.4, -0.2) is 50.3 Å². The maximum atomic E-state index is 9.47. The van der Waals surface area contributed by atoms with E-state index in [1.807, 2.05) is 7.05 Å². The Hall–Kier alpha value is -0.630. The molecule has 1 saturated carbocycles. The summed E-state index contributed by atoms with van der Waals surface area (Å²) in [5.74, 6) is 0.541. The highest BCUT2D eigenvalue weighted by Gasteiger charge is 2.45. The van der Waals surface area contributed by atoms with Crippen molar-refractivity contribution in [2.75, 3.05) is 33.9 Å². The molecule has 0 amide bonds. The highest BCUT2D eigenvalue weighted by Crippen LogP contribution is 2.40. The van der Waals surface area contributed by atoms with Crippen LogP contribution in [0.5, 0.6) is 0 Å². The van der Waals surface area contributed by atoms with E-state index in [2.05, 4.69) is 23.3 Å². The van der Waals surface area contributed by atoms with Gasteiger partial charge in [-0.2, -0.15) is 5.26 Å². The molecule has 1 aliphatic heterocycles. The molecule has 4 heteroatoms. The molecule has 0 bridgehead atoms. The summed E-state index contributed by atoms with van der Waals surface area (Å²) in [4.78, 5) is 2.35. The molecule has 1 aliphatic carbocycles. The van der Waals surface area contributed by atoms with E-state index in [9.17, 15) is 5.26 Å². The monoisotopic (exact) mass is 237 g/mol. The second-order valence-corrected chi connectivity index (χ2v) is 5.37. The zero-order chi connectivity index (χ0) is 12.3. The van der Waals surface area contributed by atoms with Crippen molar-refractivity contribution in [3.05, 3.63) is 0 Å². The van der Waals surface area contributed by atoms with E-state index in [0.717, 1.165) is 32.6 Å². The van der Waals surface area contributed by atoms with Gasteiger partial charge >= 0.3 is 0 Å². The number of ether oxygens (including phenoxy) is 1. The van der Waals surface area contributed by atoms with Gasteiger partial charge in [0.25, 0.3) is 0 Å². The van der Waals surface area contributed by atoms with Crippen molar-refractivity contribution in [3.8, 4) is 6.07 Å². The minimum atomic E-state index is -0.340. The van der Waals surface area contributed by atoms with Gasteiger partial charge in [-0.15, -0.1) is 0 Å². The van der Waals surface area contributed by atoms with Gasteiger partial charge in [-0.05, 0) is 45.7 Å². The molecular weight excluding hydrogens is 214 g/mol. The molecule has 1 unspecified atom stereocenters. The summed E-state index contributed by atoms with van der Waals surface area (Å²) >= 11 is 0. The van der Waals surface area contributed by atoms with Crippen molar-refractivity contribution in [2.24, 2.45) is 5.92 Å². The van der Waals surface area contributed by atoms with Gasteiger partial charge in [0.2, 0.25) is 0 Å². The average Bonchev–Trinajstić information content (AvgIpc) is 3.21. The van der Waals surface area contributed by atoms with Gasteiger partial charge in [0.1, 0.15) is 5.54 Å². The molecule has 96 valence electrons. The Bertz CT molecular complexity index is 292. The van der Waals surface area contributed by atoms with E-state index in [4.69, 9.17) is 4.74 Å². The predicted molar refractivity (Wildman–Crippen MR) is 66.6 cm³/mol. The lowest BCUT2D eigenvalue weighted by molar-refractivity contribution is 0.0359. The van der Waals surface area contributed by atoms with E-state index in [1.54, 1.807) is 0 Å². The molecule has 1 saturated heterocycles. The molecule has 1 heterocycles. The lowest BCUT2D eigenvalue weighted by Crippen LogP contribution is -2.54. The Morgan fingerprint density at radius 1 is 1.35 bits per heavy atom. The van der Waals surface area contributed by atoms with E-state index in [-0.39, 0.29) is 5.54 Å². The Kier molecular flexibility index (Phi) is 4.03. The summed E-state index contributed by atoms with van der Waals surface area (Å²) in [5, 5.41) is 12.7. The van der Waals surface area contributed by atoms with Crippen LogP contribution in [0.2, 0.25) is 0 Å². The first-order chi connectivity index (χ1) is 8.22. The summed E-state index contributed by atoms with van der Waals surface area (Å²) in [6.07, 6.45) is 4.56. The van der Waals surface area contributed by atoms with Gasteiger partial charge in [0, 0.05) is 25.8 Å². The number of hydrogen-bond donors (Lipinski definition) is 1. The molecule has 0 radical (unpaired) electrons. The first-order valence-corrected chi connectivity index (χ1v) is 6.60. The van der Waals surface area contributed by atoms with Crippen LogP contribution in [0.3, 0.4) is 0 Å². The highest BCUT2D eigenvalue weighted by molar-refractivity contribution is 5.16. The quantitative estimate of drug-likeness (QED) is 0.774. The van der Waals surface area contributed by atoms with Crippen molar-refractivity contribution < 1.29 is 4.74 Å². The zero-order valence-electron chi connectivity index (χ0n) is 10.9. The van der Waals surface area contributed by atoms with Crippen LogP contribution >= 0.6 is 0 Å². The first kappa shape index (κ1) is 12.8. The fourth-order valence-electron chi connectivity index (χ4n) is 2.82. The first-order valence-electron chi connectivity index (χ1n) is 6.60. The van der Waals surface area contributed by atoms with Crippen LogP contribution < -0.4 is 5.32 Å². The number of nitrogens with zero attached hydrogens (tertiary/aromatic N) is 2. The topological polar surface area (TPSA) is 48.3 Å². The van der Waals surface area contributed by atoms with Crippen LogP contribution in [0.25, 0.3) is 0 Å². The van der Waals surface area contributed by atoms with Gasteiger partial charge in [-0.3, -0.25) is 0 Å². The van der Waals surface area contributed by atoms with Crippen molar-refractivity contribution in [3.63, 3.8) is 0 Å². The van der Waals surface area contributed by atoms with Gasteiger partial charge in [-0.25, -0.2) is 0 Å². The molecule has 2 fully saturated rings. The number of nitriles is 1. The van der Waals surface area contributed by atoms with Gasteiger partial charge in [0.15, 0.2) is 0 Å². The molecule has 0 aromatic heterocycles. The second kappa shape index (κ2) is 5.34. The van der Waals surface area contributed by atoms with E-state index in [1.165, 1.54) is 12.8 Å². The molecule has 0 aromatic rings. The second-order valence-electron chi connectivity index (χ2n) is 5.37. The van der Waals surface area contributed by atoms with Crippen molar-refractivity contribution in [1.29, 1.82) is 5.26 Å². The fourth-order valence-corrected chi connectivity index (χ4v) is 2.82. The standard InChI is InChI=1S/C13H23N3O/c1-15-13(9-14,11-3-4-11)10-16(2)12-5-7-17-8-6-12/h11-12,15H,3-8,10H2,1-2H3. The lowest BCUT2D eigenvalue weighted by Gasteiger charge is -2.37. The summed E-state index contributed by atoms with van der Waals surface area (Å²) in [5.41, 5.74) is -0.340. The third-order valence-corrected chi connectivity index (χ3v) is 4.23. The predicted octanol–water partition coefficient (Wildman–Crippen LogP) is 0.989. The SMILES string of the molecule is CNC(C#N)(CN(C)C1CCOCC1)C1CC1. The molecule has 17 heavy (non-hydrogen) atoms. The van der Waals surface area contributed by atoms with Gasteiger partial charge < -0.3 is 15.0 Å². The van der Waals surface area contributed by atoms with Crippen LogP contribution in [-0.2, 0) is 4.74 Å². The van der Waals surface area contributed by atoms with Gasteiger partial charge in [-0.1, -0.05) is 0 Å². The van der Waals surface area contributed by atoms with E-state index < -0.39 is 0 Å². The minimum Gasteiger partial charge on any atom is -0.381 e. The minimum absolute atomic E-state index is 0.340. The average molecular weight is 237 g/mol. The molecule has 2 rings (SSSR count). The molecule has 1 atom stereocenters. The van der Waals surface area contributed by atoms with E-state index >= 15 is 0 Å². The Labute approximate surface area is 104 Å². The smallest absolute Gasteiger partial charge is 0.122 e. The number of nitrogens with one attached hydrogen (secondary N) is 1. The number of likely N-dealkylation sites (N-methyl/N-ethyl adjacent to an activating group) is 2. The van der Waals surface area contributed by atoms with Crippen LogP contribution in [0, 0.1) is 17.2 Å². The zero-order valence-corrected chi connectivity index (χ0v) is 10.9. The van der Waals surface area contributed by atoms with E-state index in [0.29, 0.717) is 12.0 Å². The summed E-state index contributed by atoms with van der Waals surface area (Å²) in [6, 6.07) is 3.09. The molecular formula is C13H23N3O. The normalized spacial score (nSPS) is 25.5. The summed E-state index contributed by atoms with van der Waals surface area (Å²) in [6.45, 7) is 2.55. The van der Waals surface area contributed by atoms with Crippen molar-refractivity contribution in [2.45, 2.75) is 37.3 Å². The van der Waals surface area contributed by atoms with Crippen LogP contribution in [0.1, 0.15) is 25.7 Å². The number of hydrogen-bond acceptors (Lipinski definition) is 4. The fraction of sp³-hybridized carbons (Fsp3) is 0.923. The molecule has 1 N–H and O–H groups in total. The Morgan fingerprint density at radius 3 is 2.47 bits per heavy atom. The lowest BCUT2D eigenvalue weighted by atomic mass is 9.93. The largest absolute Gasteiger partial charge is 0.381 e. The Balaban J connectivity index is 1.95.